The minimum atomic E-state index is -2.39. The van der Waals surface area contributed by atoms with Gasteiger partial charge in [0.1, 0.15) is 0 Å². The van der Waals surface area contributed by atoms with Crippen LogP contribution in [0.5, 0.6) is 0 Å². The van der Waals surface area contributed by atoms with E-state index >= 15 is 0 Å². The van der Waals surface area contributed by atoms with Crippen LogP contribution in [0.2, 0.25) is 10.0 Å². The molecule has 11 heavy (non-hydrogen) atoms. The number of hydrogen-bond acceptors (Lipinski definition) is 0. The van der Waals surface area contributed by atoms with Gasteiger partial charge in [0.05, 0.1) is 0 Å². The molecule has 0 atom stereocenters. The summed E-state index contributed by atoms with van der Waals surface area (Å²) in [6.07, 6.45) is 0. The molecule has 0 aliphatic heterocycles. The minimum absolute atomic E-state index is 0.798. The van der Waals surface area contributed by atoms with Crippen molar-refractivity contribution in [1.82, 2.24) is 0 Å². The van der Waals surface area contributed by atoms with E-state index in [9.17, 15) is 0 Å². The van der Waals surface area contributed by atoms with Gasteiger partial charge in [-0.05, 0) is 0 Å². The average molecular weight is 282 g/mol. The second-order valence-corrected chi connectivity index (χ2v) is 13.8. The van der Waals surface area contributed by atoms with Crippen molar-refractivity contribution in [3.8, 4) is 0 Å². The van der Waals surface area contributed by atoms with Gasteiger partial charge in [0, 0.05) is 0 Å². The van der Waals surface area contributed by atoms with Gasteiger partial charge in [0.25, 0.3) is 0 Å². The molecule has 0 aliphatic rings. The Labute approximate surface area is 80.2 Å². The molecule has 3 heteroatoms. The van der Waals surface area contributed by atoms with E-state index in [0.717, 1.165) is 21.2 Å². The molecule has 0 aromatic rings. The van der Waals surface area contributed by atoms with E-state index < -0.39 is 12.8 Å². The van der Waals surface area contributed by atoms with Crippen LogP contribution in [0.25, 0.3) is 0 Å². The van der Waals surface area contributed by atoms with Crippen LogP contribution in [0.15, 0.2) is 24.3 Å². The molecule has 0 amide bonds. The molecule has 0 N–H and O–H groups in total. The van der Waals surface area contributed by atoms with Gasteiger partial charge in [-0.2, -0.15) is 0 Å². The van der Waals surface area contributed by atoms with Gasteiger partial charge >= 0.3 is 80.4 Å². The fourth-order valence-corrected chi connectivity index (χ4v) is 7.77. The van der Waals surface area contributed by atoms with Crippen LogP contribution < -0.4 is 0 Å². The molecular formula is C8H14Cl2Ru. The Balaban J connectivity index is 3.99. The van der Waals surface area contributed by atoms with Crippen LogP contribution in [-0.4, -0.2) is 0 Å². The Morgan fingerprint density at radius 3 is 1.55 bits per heavy atom. The zero-order valence-corrected chi connectivity index (χ0v) is 10.2. The first kappa shape index (κ1) is 11.7. The number of rotatable bonds is 4. The van der Waals surface area contributed by atoms with Gasteiger partial charge in [-0.1, -0.05) is 0 Å². The molecule has 0 spiro atoms. The quantitative estimate of drug-likeness (QED) is 0.528. The summed E-state index contributed by atoms with van der Waals surface area (Å²) in [6.45, 7) is 11.5. The summed E-state index contributed by atoms with van der Waals surface area (Å²) in [5.41, 5.74) is 2.14. The summed E-state index contributed by atoms with van der Waals surface area (Å²) in [4.78, 5) is 0. The van der Waals surface area contributed by atoms with Gasteiger partial charge in [-0.15, -0.1) is 0 Å². The Bertz CT molecular complexity index is 155. The number of allylic oxidation sites excluding steroid dienone is 2. The molecule has 0 aliphatic carbocycles. The molecule has 0 radical (unpaired) electrons. The molecule has 0 saturated heterocycles. The van der Waals surface area contributed by atoms with E-state index in [-0.39, 0.29) is 0 Å². The first-order valence-corrected chi connectivity index (χ1v) is 10.1. The van der Waals surface area contributed by atoms with Crippen molar-refractivity contribution in [3.05, 3.63) is 24.3 Å². The summed E-state index contributed by atoms with van der Waals surface area (Å²) in [5.74, 6) is 0. The molecule has 0 rings (SSSR count). The summed E-state index contributed by atoms with van der Waals surface area (Å²) in [5, 5.41) is 1.60. The third-order valence-electron chi connectivity index (χ3n) is 0.793. The van der Waals surface area contributed by atoms with E-state index in [1.165, 1.54) is 0 Å². The number of hydrogen-bond donors (Lipinski definition) is 0. The SMILES string of the molecule is C=C(C)[CH2][Ru]([Cl])([Cl])[CH2]C(=C)C. The van der Waals surface area contributed by atoms with Crippen molar-refractivity contribution in [1.29, 1.82) is 0 Å². The van der Waals surface area contributed by atoms with Crippen LogP contribution in [0.1, 0.15) is 13.8 Å². The van der Waals surface area contributed by atoms with Crippen molar-refractivity contribution in [2.24, 2.45) is 0 Å². The Hall–Kier alpha value is 0.683. The maximum atomic E-state index is 6.14. The third kappa shape index (κ3) is 7.06. The van der Waals surface area contributed by atoms with Crippen LogP contribution in [0.4, 0.5) is 0 Å². The van der Waals surface area contributed by atoms with Crippen LogP contribution in [0, 0.1) is 0 Å². The van der Waals surface area contributed by atoms with Gasteiger partial charge in [-0.25, -0.2) is 0 Å². The van der Waals surface area contributed by atoms with E-state index in [1.54, 1.807) is 0 Å². The Morgan fingerprint density at radius 1 is 1.09 bits per heavy atom. The van der Waals surface area contributed by atoms with E-state index in [1.807, 2.05) is 13.8 Å². The normalized spacial score (nSPS) is 12.7. The third-order valence-corrected chi connectivity index (χ3v) is 6.92. The molecule has 0 aromatic carbocycles. The molecule has 0 nitrogen and oxygen atoms in total. The molecular weight excluding hydrogens is 268 g/mol. The molecule has 0 bridgehead atoms. The average Bonchev–Trinajstić information content (AvgIpc) is 1.53. The number of halogens is 2. The fraction of sp³-hybridized carbons (Fsp3) is 0.500. The summed E-state index contributed by atoms with van der Waals surface area (Å²) in [7, 11) is 12.3. The van der Waals surface area contributed by atoms with Crippen molar-refractivity contribution in [3.63, 3.8) is 0 Å². The molecule has 0 aromatic heterocycles. The predicted molar refractivity (Wildman–Crippen MR) is 50.9 cm³/mol. The molecule has 0 heterocycles. The van der Waals surface area contributed by atoms with Crippen LogP contribution in [-0.2, 0) is 12.8 Å². The standard InChI is InChI=1S/2C4H7.2ClH.Ru/c2*1-4(2)3;;;/h2*1-2H2,3H3;2*1H;/q;;;;+2/p-2. The Morgan fingerprint density at radius 2 is 1.36 bits per heavy atom. The van der Waals surface area contributed by atoms with E-state index in [0.29, 0.717) is 0 Å². The van der Waals surface area contributed by atoms with Gasteiger partial charge < -0.3 is 0 Å². The summed E-state index contributed by atoms with van der Waals surface area (Å²) in [6, 6.07) is 0. The van der Waals surface area contributed by atoms with E-state index in [4.69, 9.17) is 19.4 Å². The van der Waals surface area contributed by atoms with Crippen molar-refractivity contribution < 1.29 is 12.8 Å². The van der Waals surface area contributed by atoms with Crippen LogP contribution >= 0.6 is 19.4 Å². The van der Waals surface area contributed by atoms with Gasteiger partial charge in [0.2, 0.25) is 0 Å². The maximum absolute atomic E-state index is 6.14. The monoisotopic (exact) mass is 282 g/mol. The molecule has 68 valence electrons. The fourth-order valence-electron chi connectivity index (χ4n) is 0.669. The zero-order valence-electron chi connectivity index (χ0n) is 6.94. The summed E-state index contributed by atoms with van der Waals surface area (Å²) >= 11 is -2.39. The first-order chi connectivity index (χ1) is 4.83. The van der Waals surface area contributed by atoms with Crippen molar-refractivity contribution in [2.45, 2.75) is 23.9 Å². The van der Waals surface area contributed by atoms with Gasteiger partial charge in [-0.3, -0.25) is 0 Å². The second-order valence-electron chi connectivity index (χ2n) is 2.77. The van der Waals surface area contributed by atoms with Crippen molar-refractivity contribution in [2.75, 3.05) is 0 Å². The Kier molecular flexibility index (Phi) is 4.93. The summed E-state index contributed by atoms with van der Waals surface area (Å²) < 4.78 is 0. The van der Waals surface area contributed by atoms with Crippen LogP contribution in [0.3, 0.4) is 0 Å². The van der Waals surface area contributed by atoms with Gasteiger partial charge in [0.15, 0.2) is 0 Å². The molecule has 0 unspecified atom stereocenters. The van der Waals surface area contributed by atoms with Crippen molar-refractivity contribution >= 4 is 19.4 Å². The second kappa shape index (κ2) is 4.65. The molecule has 0 fully saturated rings. The first-order valence-electron chi connectivity index (χ1n) is 3.18. The van der Waals surface area contributed by atoms with E-state index in [2.05, 4.69) is 13.2 Å². The topological polar surface area (TPSA) is 0 Å². The predicted octanol–water partition coefficient (Wildman–Crippen LogP) is 4.44. The molecule has 0 saturated carbocycles. The zero-order chi connectivity index (χ0) is 9.07.